The predicted octanol–water partition coefficient (Wildman–Crippen LogP) is -5.18. The van der Waals surface area contributed by atoms with E-state index in [9.17, 15) is 25.9 Å². The minimum absolute atomic E-state index is 0. The fraction of sp³-hybridized carbons (Fsp3) is 0. The molecule has 0 aliphatic heterocycles. The first-order valence-corrected chi connectivity index (χ1v) is 6.45. The van der Waals surface area contributed by atoms with Gasteiger partial charge in [-0.3, -0.25) is 0 Å². The number of hydrogen-bond donors (Lipinski definition) is 0. The quantitative estimate of drug-likeness (QED) is 0.277. The summed E-state index contributed by atoms with van der Waals surface area (Å²) in [4.78, 5) is 0. The van der Waals surface area contributed by atoms with Gasteiger partial charge < -0.3 is 21.1 Å². The molecule has 14 heavy (non-hydrogen) atoms. The molecule has 0 radical (unpaired) electrons. The van der Waals surface area contributed by atoms with Gasteiger partial charge in [0.2, 0.25) is 0 Å². The molecule has 14 heteroatoms. The van der Waals surface area contributed by atoms with Crippen LogP contribution >= 0.6 is 0 Å². The number of hydrogen-bond acceptors (Lipinski definition) is 8. The molecule has 0 spiro atoms. The Kier molecular flexibility index (Phi) is 20.6. The van der Waals surface area contributed by atoms with Gasteiger partial charge in [0, 0.05) is 0 Å². The normalized spacial score (nSPS) is 9.86. The molecule has 0 saturated heterocycles. The second kappa shape index (κ2) is 11.5. The summed E-state index contributed by atoms with van der Waals surface area (Å²) in [7, 11) is -8.70. The van der Waals surface area contributed by atoms with Crippen molar-refractivity contribution in [1.82, 2.24) is 0 Å². The van der Waals surface area contributed by atoms with Gasteiger partial charge in [-0.2, -0.15) is 0 Å². The van der Waals surface area contributed by atoms with Crippen LogP contribution in [0.4, 0.5) is 0 Å². The van der Waals surface area contributed by atoms with Crippen LogP contribution in [-0.2, 0) is 27.3 Å². The van der Waals surface area contributed by atoms with Gasteiger partial charge >= 0.3 is 71.0 Å². The Bertz CT molecular complexity index is 257. The summed E-state index contributed by atoms with van der Waals surface area (Å²) in [6, 6.07) is 0. The maximum Gasteiger partial charge on any atom is 2.00 e. The van der Waals surface area contributed by atoms with Gasteiger partial charge in [-0.05, 0) is 0 Å². The first kappa shape index (κ1) is 25.0. The van der Waals surface area contributed by atoms with E-state index in [1.165, 1.54) is 0 Å². The monoisotopic (exact) mass is 308 g/mol. The molecule has 0 aromatic carbocycles. The van der Waals surface area contributed by atoms with E-state index in [2.05, 4.69) is 6.47 Å². The van der Waals surface area contributed by atoms with Gasteiger partial charge in [0.05, 0.1) is 0 Å². The van der Waals surface area contributed by atoms with Crippen LogP contribution in [0.25, 0.3) is 0 Å². The molecule has 0 amide bonds. The zero-order valence-electron chi connectivity index (χ0n) is 7.29. The zero-order chi connectivity index (χ0) is 10.4. The average molecular weight is 308 g/mol. The third-order valence-corrected chi connectivity index (χ3v) is 3.67. The molecular formula is H6Al2CaO9S2. The van der Waals surface area contributed by atoms with Crippen molar-refractivity contribution in [2.75, 3.05) is 0 Å². The van der Waals surface area contributed by atoms with Gasteiger partial charge in [0.1, 0.15) is 0 Å². The molecule has 0 saturated carbocycles. The van der Waals surface area contributed by atoms with Gasteiger partial charge in [0.25, 0.3) is 0 Å². The third-order valence-electron chi connectivity index (χ3n) is 0.408. The Morgan fingerprint density at radius 3 is 0.929 bits per heavy atom. The Labute approximate surface area is 128 Å². The average Bonchev–Trinajstić information content (AvgIpc) is 1.86. The van der Waals surface area contributed by atoms with Crippen molar-refractivity contribution in [2.24, 2.45) is 0 Å². The SMILES string of the molecule is O.O=S(=O)([O-])[O][AlH2].O=S(=O)([O-])[O][AlH2].[Ca+2]. The van der Waals surface area contributed by atoms with Crippen LogP contribution in [-0.4, -0.2) is 102 Å². The molecule has 0 atom stereocenters. The summed E-state index contributed by atoms with van der Waals surface area (Å²) in [5.41, 5.74) is 0. The summed E-state index contributed by atoms with van der Waals surface area (Å²) < 4.78 is 62.5. The Hall–Kier alpha value is 2.02. The first-order chi connectivity index (χ1) is 5.12. The summed E-state index contributed by atoms with van der Waals surface area (Å²) >= 11 is -0.105. The van der Waals surface area contributed by atoms with Crippen molar-refractivity contribution in [2.45, 2.75) is 0 Å². The van der Waals surface area contributed by atoms with E-state index in [4.69, 9.17) is 0 Å². The van der Waals surface area contributed by atoms with Gasteiger partial charge in [0.15, 0.2) is 20.8 Å². The zero-order valence-corrected chi connectivity index (χ0v) is 15.1. The van der Waals surface area contributed by atoms with Crippen molar-refractivity contribution < 1.29 is 37.9 Å². The Morgan fingerprint density at radius 1 is 0.857 bits per heavy atom. The molecule has 0 bridgehead atoms. The predicted molar refractivity (Wildman–Crippen MR) is 48.0 cm³/mol. The van der Waals surface area contributed by atoms with Crippen LogP contribution in [0.3, 0.4) is 0 Å². The van der Waals surface area contributed by atoms with E-state index in [0.29, 0.717) is 0 Å². The first-order valence-electron chi connectivity index (χ1n) is 2.15. The third kappa shape index (κ3) is 36.9. The summed E-state index contributed by atoms with van der Waals surface area (Å²) in [6.45, 7) is 0. The summed E-state index contributed by atoms with van der Waals surface area (Å²) in [5.74, 6) is 0. The molecule has 0 aromatic heterocycles. The molecule has 2 N–H and O–H groups in total. The van der Waals surface area contributed by atoms with Gasteiger partial charge in [-0.1, -0.05) is 0 Å². The number of rotatable bonds is 2. The van der Waals surface area contributed by atoms with Gasteiger partial charge in [-0.25, -0.2) is 16.8 Å². The summed E-state index contributed by atoms with van der Waals surface area (Å²) in [6.07, 6.45) is 0. The molecule has 0 heterocycles. The van der Waals surface area contributed by atoms with Crippen LogP contribution in [0.2, 0.25) is 0 Å². The molecule has 80 valence electrons. The van der Waals surface area contributed by atoms with Crippen molar-refractivity contribution in [3.63, 3.8) is 0 Å². The van der Waals surface area contributed by atoms with Gasteiger partial charge in [-0.15, -0.1) is 0 Å². The largest absolute Gasteiger partial charge is 2.00 e. The Morgan fingerprint density at radius 2 is 0.929 bits per heavy atom. The molecule has 0 aliphatic rings. The van der Waals surface area contributed by atoms with E-state index in [0.717, 1.165) is 0 Å². The minimum Gasteiger partial charge on any atom is -0.727 e. The fourth-order valence-electron chi connectivity index (χ4n) is 0. The van der Waals surface area contributed by atoms with Crippen LogP contribution in [0, 0.1) is 0 Å². The molecule has 0 fully saturated rings. The molecular weight excluding hydrogens is 302 g/mol. The van der Waals surface area contributed by atoms with E-state index in [1.807, 2.05) is 0 Å². The fourth-order valence-corrected chi connectivity index (χ4v) is 0. The van der Waals surface area contributed by atoms with Crippen molar-refractivity contribution >= 4 is 91.8 Å². The summed E-state index contributed by atoms with van der Waals surface area (Å²) in [5, 5.41) is 0. The second-order valence-electron chi connectivity index (χ2n) is 1.15. The van der Waals surface area contributed by atoms with Crippen LogP contribution in [0.1, 0.15) is 0 Å². The van der Waals surface area contributed by atoms with E-state index >= 15 is 0 Å². The van der Waals surface area contributed by atoms with E-state index < -0.39 is 20.8 Å². The van der Waals surface area contributed by atoms with E-state index in [1.54, 1.807) is 0 Å². The maximum atomic E-state index is 9.26. The van der Waals surface area contributed by atoms with Crippen LogP contribution < -0.4 is 0 Å². The van der Waals surface area contributed by atoms with Crippen LogP contribution in [0.15, 0.2) is 0 Å². The molecule has 0 unspecified atom stereocenters. The standard InChI is InChI=1S/2Al.Ca.2H2O4S.H2O.4H/c;;;2*1-5(2,3)4;;;;;/h;;;2*(H2,1,2,3,4);1H2;;;;/q2*+1;+2;;;;;;;/p-4. The van der Waals surface area contributed by atoms with Crippen LogP contribution in [0.5, 0.6) is 0 Å². The molecule has 0 aliphatic carbocycles. The Balaban J connectivity index is -0.0000000625. The molecule has 9 nitrogen and oxygen atoms in total. The maximum absolute atomic E-state index is 9.26. The van der Waals surface area contributed by atoms with Crippen molar-refractivity contribution in [1.29, 1.82) is 0 Å². The minimum atomic E-state index is -4.35. The molecule has 0 aromatic rings. The topological polar surface area (TPSA) is 164 Å². The van der Waals surface area contributed by atoms with Crippen molar-refractivity contribution in [3.05, 3.63) is 0 Å². The van der Waals surface area contributed by atoms with E-state index in [-0.39, 0.29) is 76.5 Å². The smallest absolute Gasteiger partial charge is 0.727 e. The second-order valence-corrected chi connectivity index (χ2v) is 5.45. The van der Waals surface area contributed by atoms with Crippen molar-refractivity contribution in [3.8, 4) is 0 Å². The molecule has 0 rings (SSSR count).